The molecule has 0 unspecified atom stereocenters. The first-order chi connectivity index (χ1) is 18.5. The van der Waals surface area contributed by atoms with Crippen LogP contribution in [0.3, 0.4) is 0 Å². The molecule has 0 amide bonds. The SMILES string of the molecule is Cc1n[nH]c(C)c1-c1cc(C(=O)c2nc3ccc(N4CCC(N5CCCCC5)CC4)nc3[nH]2)ccc1C#N. The lowest BCUT2D eigenvalue weighted by Crippen LogP contribution is -2.46. The molecule has 0 saturated carbocycles. The van der Waals surface area contributed by atoms with Crippen LogP contribution in [0.25, 0.3) is 22.3 Å². The third kappa shape index (κ3) is 4.45. The molecule has 2 saturated heterocycles. The van der Waals surface area contributed by atoms with Crippen molar-refractivity contribution in [3.05, 3.63) is 58.7 Å². The summed E-state index contributed by atoms with van der Waals surface area (Å²) < 4.78 is 0. The number of likely N-dealkylation sites (tertiary alicyclic amines) is 1. The molecule has 9 nitrogen and oxygen atoms in total. The zero-order valence-corrected chi connectivity index (χ0v) is 21.9. The smallest absolute Gasteiger partial charge is 0.228 e. The standard InChI is InChI=1S/C29H32N8O/c1-18-26(19(2)35-34-18)23-16-20(6-7-21(23)17-30)27(38)29-31-24-8-9-25(32-28(24)33-29)37-14-10-22(11-15-37)36-12-4-3-5-13-36/h6-9,16,22H,3-5,10-15H2,1-2H3,(H,34,35)(H,31,32,33). The van der Waals surface area contributed by atoms with Crippen LogP contribution in [0.5, 0.6) is 0 Å². The maximum atomic E-state index is 13.4. The molecule has 0 bridgehead atoms. The number of nitrogens with one attached hydrogen (secondary N) is 2. The van der Waals surface area contributed by atoms with E-state index >= 15 is 0 Å². The number of hydrogen-bond donors (Lipinski definition) is 2. The molecule has 38 heavy (non-hydrogen) atoms. The maximum Gasteiger partial charge on any atom is 0.228 e. The Kier molecular flexibility index (Phi) is 6.42. The highest BCUT2D eigenvalue weighted by Crippen LogP contribution is 2.30. The maximum absolute atomic E-state index is 13.4. The topological polar surface area (TPSA) is 118 Å². The zero-order valence-electron chi connectivity index (χ0n) is 21.9. The van der Waals surface area contributed by atoms with Gasteiger partial charge in [-0.1, -0.05) is 6.42 Å². The van der Waals surface area contributed by atoms with Crippen molar-refractivity contribution in [3.8, 4) is 17.2 Å². The van der Waals surface area contributed by atoms with Gasteiger partial charge in [-0.15, -0.1) is 0 Å². The number of aromatic nitrogens is 5. The van der Waals surface area contributed by atoms with Gasteiger partial charge in [0.05, 0.1) is 17.3 Å². The Hall–Kier alpha value is -4.03. The van der Waals surface area contributed by atoms with Crippen molar-refractivity contribution in [2.45, 2.75) is 52.0 Å². The van der Waals surface area contributed by atoms with E-state index in [1.165, 1.54) is 32.4 Å². The molecular weight excluding hydrogens is 476 g/mol. The first-order valence-corrected chi connectivity index (χ1v) is 13.5. The van der Waals surface area contributed by atoms with Crippen LogP contribution in [0.4, 0.5) is 5.82 Å². The van der Waals surface area contributed by atoms with E-state index in [9.17, 15) is 10.1 Å². The quantitative estimate of drug-likeness (QED) is 0.381. The number of imidazole rings is 1. The average molecular weight is 509 g/mol. The van der Waals surface area contributed by atoms with Crippen molar-refractivity contribution in [2.75, 3.05) is 31.1 Å². The number of aryl methyl sites for hydroxylation is 2. The molecule has 2 N–H and O–H groups in total. The fourth-order valence-corrected chi connectivity index (χ4v) is 5.99. The Balaban J connectivity index is 1.22. The number of rotatable bonds is 5. The van der Waals surface area contributed by atoms with E-state index < -0.39 is 0 Å². The second kappa shape index (κ2) is 10.0. The Bertz CT molecular complexity index is 1510. The Morgan fingerprint density at radius 3 is 2.53 bits per heavy atom. The lowest BCUT2D eigenvalue weighted by atomic mass is 9.95. The predicted octanol–water partition coefficient (Wildman–Crippen LogP) is 4.52. The Labute approximate surface area is 221 Å². The molecule has 5 heterocycles. The van der Waals surface area contributed by atoms with E-state index in [4.69, 9.17) is 4.98 Å². The number of anilines is 1. The monoisotopic (exact) mass is 508 g/mol. The fourth-order valence-electron chi connectivity index (χ4n) is 5.99. The number of H-pyrrole nitrogens is 2. The molecule has 194 valence electrons. The van der Waals surface area contributed by atoms with Crippen LogP contribution in [-0.4, -0.2) is 68.1 Å². The lowest BCUT2D eigenvalue weighted by molar-refractivity contribution is 0.103. The van der Waals surface area contributed by atoms with Crippen molar-refractivity contribution in [3.63, 3.8) is 0 Å². The molecule has 2 aliphatic heterocycles. The van der Waals surface area contributed by atoms with Crippen molar-refractivity contribution in [1.29, 1.82) is 5.26 Å². The number of ketones is 1. The number of pyridine rings is 1. The normalized spacial score (nSPS) is 17.1. The third-order valence-electron chi connectivity index (χ3n) is 8.04. The molecule has 0 radical (unpaired) electrons. The van der Waals surface area contributed by atoms with Crippen molar-refractivity contribution in [1.82, 2.24) is 30.0 Å². The van der Waals surface area contributed by atoms with Gasteiger partial charge in [-0.2, -0.15) is 10.4 Å². The molecule has 0 atom stereocenters. The number of carbonyl (C=O) groups excluding carboxylic acids is 1. The van der Waals surface area contributed by atoms with E-state index in [-0.39, 0.29) is 11.6 Å². The van der Waals surface area contributed by atoms with Crippen LogP contribution in [0.2, 0.25) is 0 Å². The third-order valence-corrected chi connectivity index (χ3v) is 8.04. The molecule has 9 heteroatoms. The van der Waals surface area contributed by atoms with E-state index in [1.807, 2.05) is 26.0 Å². The van der Waals surface area contributed by atoms with E-state index in [2.05, 4.69) is 36.0 Å². The summed E-state index contributed by atoms with van der Waals surface area (Å²) >= 11 is 0. The Morgan fingerprint density at radius 2 is 1.82 bits per heavy atom. The van der Waals surface area contributed by atoms with Crippen LogP contribution < -0.4 is 4.90 Å². The average Bonchev–Trinajstić information content (AvgIpc) is 3.54. The van der Waals surface area contributed by atoms with Crippen molar-refractivity contribution < 1.29 is 4.79 Å². The molecule has 6 rings (SSSR count). The largest absolute Gasteiger partial charge is 0.356 e. The van der Waals surface area contributed by atoms with Gasteiger partial charge in [0.1, 0.15) is 11.3 Å². The summed E-state index contributed by atoms with van der Waals surface area (Å²) in [7, 11) is 0. The summed E-state index contributed by atoms with van der Waals surface area (Å²) in [6, 6.07) is 12.0. The second-order valence-electron chi connectivity index (χ2n) is 10.4. The molecule has 1 aromatic carbocycles. The number of piperidine rings is 2. The predicted molar refractivity (Wildman–Crippen MR) is 146 cm³/mol. The molecule has 2 fully saturated rings. The number of benzene rings is 1. The van der Waals surface area contributed by atoms with E-state index in [0.29, 0.717) is 33.9 Å². The zero-order chi connectivity index (χ0) is 26.2. The number of nitrogens with zero attached hydrogens (tertiary/aromatic N) is 6. The minimum atomic E-state index is -0.239. The van der Waals surface area contributed by atoms with Crippen LogP contribution in [-0.2, 0) is 0 Å². The number of aromatic amines is 2. The van der Waals surface area contributed by atoms with Crippen LogP contribution >= 0.6 is 0 Å². The molecule has 4 aromatic rings. The van der Waals surface area contributed by atoms with Crippen LogP contribution in [0.1, 0.15) is 65.2 Å². The fraction of sp³-hybridized carbons (Fsp3) is 0.414. The van der Waals surface area contributed by atoms with Crippen molar-refractivity contribution in [2.24, 2.45) is 0 Å². The second-order valence-corrected chi connectivity index (χ2v) is 10.4. The van der Waals surface area contributed by atoms with Gasteiger partial charge in [-0.3, -0.25) is 9.89 Å². The van der Waals surface area contributed by atoms with Crippen LogP contribution in [0, 0.1) is 25.2 Å². The summed E-state index contributed by atoms with van der Waals surface area (Å²) in [6.07, 6.45) is 6.33. The molecule has 0 aliphatic carbocycles. The molecular formula is C29H32N8O. The summed E-state index contributed by atoms with van der Waals surface area (Å²) in [5.74, 6) is 0.921. The van der Waals surface area contributed by atoms with Gasteiger partial charge < -0.3 is 14.8 Å². The van der Waals surface area contributed by atoms with Gasteiger partial charge in [-0.05, 0) is 83.0 Å². The van der Waals surface area contributed by atoms with Gasteiger partial charge in [0.15, 0.2) is 11.5 Å². The summed E-state index contributed by atoms with van der Waals surface area (Å²) in [6.45, 7) is 8.24. The highest BCUT2D eigenvalue weighted by Gasteiger charge is 2.26. The van der Waals surface area contributed by atoms with Gasteiger partial charge in [0.25, 0.3) is 0 Å². The first-order valence-electron chi connectivity index (χ1n) is 13.5. The van der Waals surface area contributed by atoms with Crippen molar-refractivity contribution >= 4 is 22.8 Å². The van der Waals surface area contributed by atoms with E-state index in [0.717, 1.165) is 48.7 Å². The number of carbonyl (C=O) groups is 1. The molecule has 3 aromatic heterocycles. The van der Waals surface area contributed by atoms with Gasteiger partial charge in [-0.25, -0.2) is 9.97 Å². The number of hydrogen-bond acceptors (Lipinski definition) is 7. The first kappa shape index (κ1) is 24.3. The molecule has 2 aliphatic rings. The van der Waals surface area contributed by atoms with Gasteiger partial charge >= 0.3 is 0 Å². The highest BCUT2D eigenvalue weighted by molar-refractivity contribution is 6.08. The van der Waals surface area contributed by atoms with E-state index in [1.54, 1.807) is 18.2 Å². The summed E-state index contributed by atoms with van der Waals surface area (Å²) in [4.78, 5) is 31.0. The van der Waals surface area contributed by atoms with Crippen LogP contribution in [0.15, 0.2) is 30.3 Å². The minimum absolute atomic E-state index is 0.239. The minimum Gasteiger partial charge on any atom is -0.356 e. The van der Waals surface area contributed by atoms with Gasteiger partial charge in [0.2, 0.25) is 5.78 Å². The summed E-state index contributed by atoms with van der Waals surface area (Å²) in [5, 5.41) is 16.9. The number of nitriles is 1. The van der Waals surface area contributed by atoms with Gasteiger partial charge in [0, 0.05) is 41.5 Å². The molecule has 0 spiro atoms. The Morgan fingerprint density at radius 1 is 1.03 bits per heavy atom. The highest BCUT2D eigenvalue weighted by atomic mass is 16.1. The summed E-state index contributed by atoms with van der Waals surface area (Å²) in [5.41, 5.74) is 5.39. The number of fused-ring (bicyclic) bond motifs is 1. The lowest BCUT2D eigenvalue weighted by Gasteiger charge is -2.40.